The number of benzene rings is 5. The molecule has 7 heteroatoms. The third kappa shape index (κ3) is 9.40. The van der Waals surface area contributed by atoms with Crippen molar-refractivity contribution >= 4 is 17.8 Å². The lowest BCUT2D eigenvalue weighted by molar-refractivity contribution is -0.146. The molecule has 2 amide bonds. The Morgan fingerprint density at radius 1 is 0.543 bits per heavy atom. The Labute approximate surface area is 269 Å². The van der Waals surface area contributed by atoms with Crippen molar-refractivity contribution in [3.05, 3.63) is 173 Å². The molecule has 0 aromatic heterocycles. The molecule has 5 aromatic carbocycles. The quantitative estimate of drug-likeness (QED) is 0.146. The second kappa shape index (κ2) is 16.4. The number of amides is 2. The number of rotatable bonds is 14. The molecule has 0 aliphatic rings. The van der Waals surface area contributed by atoms with E-state index in [0.717, 1.165) is 16.7 Å². The SMILES string of the molecule is O=C(N[C@@H](COC(=O)[C@H](Cc1ccccc1)NC(=O)c1ccccc1OCc1ccccc1)Cc1ccccc1)c1ccccc1. The van der Waals surface area contributed by atoms with E-state index in [1.807, 2.05) is 97.1 Å². The monoisotopic (exact) mass is 612 g/mol. The molecule has 0 aliphatic carbocycles. The van der Waals surface area contributed by atoms with Gasteiger partial charge in [-0.3, -0.25) is 9.59 Å². The number of nitrogens with one attached hydrogen (secondary N) is 2. The number of ether oxygens (including phenoxy) is 2. The van der Waals surface area contributed by atoms with Crippen LogP contribution in [0.1, 0.15) is 37.4 Å². The lowest BCUT2D eigenvalue weighted by Gasteiger charge is -2.22. The molecule has 232 valence electrons. The predicted octanol–water partition coefficient (Wildman–Crippen LogP) is 6.19. The normalized spacial score (nSPS) is 11.9. The van der Waals surface area contributed by atoms with Crippen LogP contribution in [0, 0.1) is 0 Å². The molecule has 2 N–H and O–H groups in total. The first kappa shape index (κ1) is 31.7. The fraction of sp³-hybridized carbons (Fsp3) is 0.154. The summed E-state index contributed by atoms with van der Waals surface area (Å²) < 4.78 is 11.8. The van der Waals surface area contributed by atoms with Gasteiger partial charge in [-0.05, 0) is 47.4 Å². The van der Waals surface area contributed by atoms with Crippen LogP contribution in [0.2, 0.25) is 0 Å². The van der Waals surface area contributed by atoms with Gasteiger partial charge < -0.3 is 20.1 Å². The third-order valence-electron chi connectivity index (χ3n) is 7.36. The van der Waals surface area contributed by atoms with E-state index in [9.17, 15) is 14.4 Å². The summed E-state index contributed by atoms with van der Waals surface area (Å²) in [5.41, 5.74) is 3.62. The Kier molecular flexibility index (Phi) is 11.3. The Morgan fingerprint density at radius 2 is 1.07 bits per heavy atom. The smallest absolute Gasteiger partial charge is 0.329 e. The minimum atomic E-state index is -0.987. The molecular weight excluding hydrogens is 576 g/mol. The number of esters is 1. The predicted molar refractivity (Wildman–Crippen MR) is 177 cm³/mol. The van der Waals surface area contributed by atoms with Crippen molar-refractivity contribution in [3.63, 3.8) is 0 Å². The van der Waals surface area contributed by atoms with E-state index in [1.165, 1.54) is 0 Å². The zero-order valence-electron chi connectivity index (χ0n) is 25.4. The van der Waals surface area contributed by atoms with Crippen molar-refractivity contribution in [3.8, 4) is 5.75 Å². The molecule has 2 atom stereocenters. The van der Waals surface area contributed by atoms with Crippen molar-refractivity contribution in [1.82, 2.24) is 10.6 Å². The van der Waals surface area contributed by atoms with Crippen LogP contribution < -0.4 is 15.4 Å². The van der Waals surface area contributed by atoms with Gasteiger partial charge in [-0.2, -0.15) is 0 Å². The highest BCUT2D eigenvalue weighted by Crippen LogP contribution is 2.20. The Balaban J connectivity index is 1.30. The molecule has 0 fully saturated rings. The molecular formula is C39H36N2O5. The summed E-state index contributed by atoms with van der Waals surface area (Å²) in [6, 6.07) is 43.1. The van der Waals surface area contributed by atoms with Crippen LogP contribution in [0.4, 0.5) is 0 Å². The van der Waals surface area contributed by atoms with Gasteiger partial charge in [0, 0.05) is 12.0 Å². The van der Waals surface area contributed by atoms with Crippen LogP contribution >= 0.6 is 0 Å². The van der Waals surface area contributed by atoms with Gasteiger partial charge in [-0.25, -0.2) is 4.79 Å². The number of para-hydroxylation sites is 1. The fourth-order valence-corrected chi connectivity index (χ4v) is 4.99. The summed E-state index contributed by atoms with van der Waals surface area (Å²) in [5.74, 6) is -0.923. The zero-order valence-corrected chi connectivity index (χ0v) is 25.4. The average molecular weight is 613 g/mol. The lowest BCUT2D eigenvalue weighted by Crippen LogP contribution is -2.46. The van der Waals surface area contributed by atoms with Gasteiger partial charge in [0.15, 0.2) is 0 Å². The molecule has 5 rings (SSSR count). The molecule has 0 saturated carbocycles. The van der Waals surface area contributed by atoms with E-state index in [1.54, 1.807) is 48.5 Å². The molecule has 0 radical (unpaired) electrons. The van der Waals surface area contributed by atoms with E-state index in [2.05, 4.69) is 10.6 Å². The van der Waals surface area contributed by atoms with Crippen molar-refractivity contribution in [2.75, 3.05) is 6.61 Å². The van der Waals surface area contributed by atoms with Gasteiger partial charge in [-0.15, -0.1) is 0 Å². The van der Waals surface area contributed by atoms with Gasteiger partial charge in [0.25, 0.3) is 11.8 Å². The van der Waals surface area contributed by atoms with Crippen molar-refractivity contribution in [2.24, 2.45) is 0 Å². The molecule has 46 heavy (non-hydrogen) atoms. The highest BCUT2D eigenvalue weighted by atomic mass is 16.5. The summed E-state index contributed by atoms with van der Waals surface area (Å²) in [6.07, 6.45) is 0.673. The van der Waals surface area contributed by atoms with Crippen LogP contribution in [-0.2, 0) is 29.0 Å². The van der Waals surface area contributed by atoms with Gasteiger partial charge in [-0.1, -0.05) is 121 Å². The van der Waals surface area contributed by atoms with E-state index in [4.69, 9.17) is 9.47 Å². The summed E-state index contributed by atoms with van der Waals surface area (Å²) in [7, 11) is 0. The van der Waals surface area contributed by atoms with E-state index in [0.29, 0.717) is 23.3 Å². The minimum absolute atomic E-state index is 0.0791. The Hall–Kier alpha value is -5.69. The first-order chi connectivity index (χ1) is 22.5. The highest BCUT2D eigenvalue weighted by molar-refractivity contribution is 5.99. The number of carbonyl (C=O) groups excluding carboxylic acids is 3. The average Bonchev–Trinajstić information content (AvgIpc) is 3.11. The highest BCUT2D eigenvalue weighted by Gasteiger charge is 2.26. The Bertz CT molecular complexity index is 1700. The summed E-state index contributed by atoms with van der Waals surface area (Å²) in [4.78, 5) is 40.3. The standard InChI is InChI=1S/C39H36N2O5/c42-37(32-21-11-4-12-22-32)40-33(25-29-15-5-1-6-16-29)28-46-39(44)35(26-30-17-7-2-8-18-30)41-38(43)34-23-13-14-24-36(34)45-27-31-19-9-3-10-20-31/h1-24,33,35H,25-28H2,(H,40,42)(H,41,43)/t33-,35+/m1/s1. The molecule has 0 bridgehead atoms. The molecule has 0 aliphatic heterocycles. The number of hydrogen-bond donors (Lipinski definition) is 2. The van der Waals surface area contributed by atoms with Crippen LogP contribution in [0.15, 0.2) is 146 Å². The topological polar surface area (TPSA) is 93.7 Å². The lowest BCUT2D eigenvalue weighted by atomic mass is 10.0. The van der Waals surface area contributed by atoms with E-state index >= 15 is 0 Å². The second-order valence-corrected chi connectivity index (χ2v) is 10.8. The molecule has 0 saturated heterocycles. The van der Waals surface area contributed by atoms with Crippen molar-refractivity contribution < 1.29 is 23.9 Å². The van der Waals surface area contributed by atoms with Crippen LogP contribution in [0.3, 0.4) is 0 Å². The fourth-order valence-electron chi connectivity index (χ4n) is 4.99. The maximum absolute atomic E-state index is 13.6. The molecule has 0 heterocycles. The maximum Gasteiger partial charge on any atom is 0.329 e. The van der Waals surface area contributed by atoms with Gasteiger partial charge in [0.2, 0.25) is 0 Å². The van der Waals surface area contributed by atoms with Gasteiger partial charge in [0.05, 0.1) is 11.6 Å². The first-order valence-electron chi connectivity index (χ1n) is 15.2. The van der Waals surface area contributed by atoms with Gasteiger partial charge >= 0.3 is 5.97 Å². The Morgan fingerprint density at radius 3 is 1.70 bits per heavy atom. The molecule has 0 unspecified atom stereocenters. The van der Waals surface area contributed by atoms with E-state index < -0.39 is 24.0 Å². The zero-order chi connectivity index (χ0) is 32.0. The largest absolute Gasteiger partial charge is 0.488 e. The second-order valence-electron chi connectivity index (χ2n) is 10.8. The van der Waals surface area contributed by atoms with E-state index in [-0.39, 0.29) is 25.5 Å². The van der Waals surface area contributed by atoms with Gasteiger partial charge in [0.1, 0.15) is 25.0 Å². The van der Waals surface area contributed by atoms with Crippen LogP contribution in [0.25, 0.3) is 0 Å². The first-order valence-corrected chi connectivity index (χ1v) is 15.2. The maximum atomic E-state index is 13.6. The summed E-state index contributed by atoms with van der Waals surface area (Å²) >= 11 is 0. The van der Waals surface area contributed by atoms with Crippen molar-refractivity contribution in [1.29, 1.82) is 0 Å². The third-order valence-corrected chi connectivity index (χ3v) is 7.36. The van der Waals surface area contributed by atoms with Crippen molar-refractivity contribution in [2.45, 2.75) is 31.5 Å². The summed E-state index contributed by atoms with van der Waals surface area (Å²) in [6.45, 7) is 0.211. The number of carbonyl (C=O) groups is 3. The molecule has 5 aromatic rings. The van der Waals surface area contributed by atoms with Crippen LogP contribution in [0.5, 0.6) is 5.75 Å². The molecule has 7 nitrogen and oxygen atoms in total. The summed E-state index contributed by atoms with van der Waals surface area (Å²) in [5, 5.41) is 5.89. The van der Waals surface area contributed by atoms with Crippen LogP contribution in [-0.4, -0.2) is 36.5 Å². The number of hydrogen-bond acceptors (Lipinski definition) is 5. The minimum Gasteiger partial charge on any atom is -0.488 e. The molecule has 0 spiro atoms.